The fourth-order valence-corrected chi connectivity index (χ4v) is 7.49. The van der Waals surface area contributed by atoms with Crippen LogP contribution >= 0.6 is 0 Å². The molecule has 0 saturated heterocycles. The fraction of sp³-hybridized carbons (Fsp3) is 1.00. The number of quaternary nitrogens is 1. The van der Waals surface area contributed by atoms with E-state index in [2.05, 4.69) is 27.9 Å². The Morgan fingerprint density at radius 1 is 0.404 bits per heavy atom. The average molecular weight is 733 g/mol. The van der Waals surface area contributed by atoms with Crippen LogP contribution in [-0.2, 0) is 0 Å². The highest BCUT2D eigenvalue weighted by atomic mass is 79.9. The topological polar surface area (TPSA) is 40.5 Å². The first-order valence-electron chi connectivity index (χ1n) is 21.6. The van der Waals surface area contributed by atoms with Crippen LogP contribution in [0.2, 0.25) is 0 Å². The van der Waals surface area contributed by atoms with Crippen LogP contribution in [0, 0.1) is 5.92 Å². The monoisotopic (exact) mass is 732 g/mol. The van der Waals surface area contributed by atoms with Crippen molar-refractivity contribution >= 4 is 0 Å². The van der Waals surface area contributed by atoms with Gasteiger partial charge in [0.05, 0.1) is 33.4 Å². The average Bonchev–Trinajstić information content (AvgIpc) is 3.03. The fourth-order valence-electron chi connectivity index (χ4n) is 7.49. The van der Waals surface area contributed by atoms with E-state index in [1.165, 1.54) is 205 Å². The Bertz CT molecular complexity index is 572. The van der Waals surface area contributed by atoms with Crippen LogP contribution in [0.4, 0.5) is 0 Å². The quantitative estimate of drug-likeness (QED) is 0.0488. The van der Waals surface area contributed by atoms with Gasteiger partial charge in [0.25, 0.3) is 0 Å². The van der Waals surface area contributed by atoms with Crippen molar-refractivity contribution in [2.45, 2.75) is 238 Å². The van der Waals surface area contributed by atoms with E-state index in [-0.39, 0.29) is 29.7 Å². The van der Waals surface area contributed by atoms with Gasteiger partial charge in [-0.3, -0.25) is 0 Å². The Kier molecular flexibility index (Phi) is 41.2. The van der Waals surface area contributed by atoms with Crippen LogP contribution in [0.1, 0.15) is 232 Å². The minimum absolute atomic E-state index is 0. The van der Waals surface area contributed by atoms with Crippen molar-refractivity contribution in [1.29, 1.82) is 0 Å². The minimum Gasteiger partial charge on any atom is -1.00 e. The molecule has 0 amide bonds. The van der Waals surface area contributed by atoms with Gasteiger partial charge in [0.15, 0.2) is 0 Å². The molecule has 0 aromatic rings. The lowest BCUT2D eigenvalue weighted by Gasteiger charge is -2.35. The zero-order valence-corrected chi connectivity index (χ0v) is 34.6. The van der Waals surface area contributed by atoms with Gasteiger partial charge in [-0.25, -0.2) is 0 Å². The molecule has 2 unspecified atom stereocenters. The standard InChI is InChI=1S/C43H90NO2.BrH/c1-5-7-9-11-13-15-17-19-21-23-25-27-29-31-33-35-37-42(41-44(3,4)39-40-45)43(46)38-36-34-32-30-28-26-24-22-20-18-16-14-12-10-8-6-2;/h42-43,45-46H,5-41H2,1-4H3;1H/q+1;/p-1. The highest BCUT2D eigenvalue weighted by Crippen LogP contribution is 2.23. The summed E-state index contributed by atoms with van der Waals surface area (Å²) in [5, 5.41) is 20.8. The molecule has 0 aliphatic carbocycles. The number of hydrogen-bond donors (Lipinski definition) is 2. The number of aliphatic hydroxyl groups excluding tert-OH is 2. The third kappa shape index (κ3) is 37.4. The molecule has 0 radical (unpaired) electrons. The second-order valence-corrected chi connectivity index (χ2v) is 16.1. The molecule has 3 nitrogen and oxygen atoms in total. The number of likely N-dealkylation sites (N-methyl/N-ethyl adjacent to an activating group) is 1. The Morgan fingerprint density at radius 2 is 0.660 bits per heavy atom. The van der Waals surface area contributed by atoms with E-state index in [0.717, 1.165) is 30.4 Å². The predicted molar refractivity (Wildman–Crippen MR) is 207 cm³/mol. The first kappa shape index (κ1) is 49.5. The van der Waals surface area contributed by atoms with Gasteiger partial charge in [0.1, 0.15) is 6.54 Å². The molecule has 4 heteroatoms. The zero-order valence-electron chi connectivity index (χ0n) is 33.0. The molecule has 0 aliphatic heterocycles. The molecular formula is C43H90BrNO2. The maximum Gasteiger partial charge on any atom is 0.102 e. The number of hydrogen-bond acceptors (Lipinski definition) is 2. The number of unbranched alkanes of at least 4 members (excludes halogenated alkanes) is 30. The van der Waals surface area contributed by atoms with Crippen molar-refractivity contribution in [2.75, 3.05) is 33.8 Å². The summed E-state index contributed by atoms with van der Waals surface area (Å²) in [6, 6.07) is 0. The molecule has 0 fully saturated rings. The zero-order chi connectivity index (χ0) is 33.8. The van der Waals surface area contributed by atoms with Crippen molar-refractivity contribution in [1.82, 2.24) is 0 Å². The molecule has 0 heterocycles. The second kappa shape index (κ2) is 39.2. The maximum absolute atomic E-state index is 11.2. The van der Waals surface area contributed by atoms with Crippen molar-refractivity contribution in [3.05, 3.63) is 0 Å². The Labute approximate surface area is 308 Å². The third-order valence-corrected chi connectivity index (χ3v) is 10.8. The summed E-state index contributed by atoms with van der Waals surface area (Å²) in [5.41, 5.74) is 0. The van der Waals surface area contributed by atoms with Crippen molar-refractivity contribution in [2.24, 2.45) is 5.92 Å². The van der Waals surface area contributed by atoms with Crippen molar-refractivity contribution < 1.29 is 31.7 Å². The van der Waals surface area contributed by atoms with Crippen LogP contribution in [0.5, 0.6) is 0 Å². The Balaban J connectivity index is 0. The van der Waals surface area contributed by atoms with E-state index in [1.807, 2.05) is 0 Å². The first-order chi connectivity index (χ1) is 22.5. The molecule has 0 saturated carbocycles. The van der Waals surface area contributed by atoms with Crippen LogP contribution in [0.15, 0.2) is 0 Å². The van der Waals surface area contributed by atoms with Crippen LogP contribution in [-0.4, -0.2) is 54.6 Å². The molecule has 0 aromatic heterocycles. The lowest BCUT2D eigenvalue weighted by Crippen LogP contribution is -3.00. The number of aliphatic hydroxyl groups is 2. The van der Waals surface area contributed by atoms with Crippen LogP contribution in [0.3, 0.4) is 0 Å². The maximum atomic E-state index is 11.2. The molecule has 0 aromatic carbocycles. The largest absolute Gasteiger partial charge is 1.00 e. The normalized spacial score (nSPS) is 13.1. The molecule has 286 valence electrons. The van der Waals surface area contributed by atoms with E-state index in [0.29, 0.717) is 5.92 Å². The Hall–Kier alpha value is 0.360. The van der Waals surface area contributed by atoms with Crippen LogP contribution in [0.25, 0.3) is 0 Å². The van der Waals surface area contributed by atoms with Gasteiger partial charge in [0.2, 0.25) is 0 Å². The molecule has 0 aliphatic rings. The number of rotatable bonds is 39. The van der Waals surface area contributed by atoms with Gasteiger partial charge >= 0.3 is 0 Å². The van der Waals surface area contributed by atoms with Gasteiger partial charge in [-0.05, 0) is 12.8 Å². The molecule has 0 spiro atoms. The molecule has 2 atom stereocenters. The second-order valence-electron chi connectivity index (χ2n) is 16.1. The van der Waals surface area contributed by atoms with E-state index >= 15 is 0 Å². The Morgan fingerprint density at radius 3 is 0.936 bits per heavy atom. The lowest BCUT2D eigenvalue weighted by atomic mass is 9.90. The lowest BCUT2D eigenvalue weighted by molar-refractivity contribution is -0.894. The van der Waals surface area contributed by atoms with Crippen molar-refractivity contribution in [3.63, 3.8) is 0 Å². The van der Waals surface area contributed by atoms with E-state index in [4.69, 9.17) is 0 Å². The van der Waals surface area contributed by atoms with Gasteiger partial charge < -0.3 is 31.7 Å². The molecular weight excluding hydrogens is 642 g/mol. The minimum atomic E-state index is -0.181. The van der Waals surface area contributed by atoms with E-state index in [9.17, 15) is 10.2 Å². The molecule has 47 heavy (non-hydrogen) atoms. The van der Waals surface area contributed by atoms with Gasteiger partial charge in [-0.15, -0.1) is 0 Å². The SMILES string of the molecule is CCCCCCCCCCCCCCCCCCC(O)C(CCCCCCCCCCCCCCCCCC)C[N+](C)(C)CCO.[Br-]. The van der Waals surface area contributed by atoms with Crippen molar-refractivity contribution in [3.8, 4) is 0 Å². The van der Waals surface area contributed by atoms with Crippen LogP contribution < -0.4 is 17.0 Å². The summed E-state index contributed by atoms with van der Waals surface area (Å²) < 4.78 is 0.816. The number of halogens is 1. The summed E-state index contributed by atoms with van der Waals surface area (Å²) >= 11 is 0. The predicted octanol–water partition coefficient (Wildman–Crippen LogP) is 10.3. The number of nitrogens with zero attached hydrogens (tertiary/aromatic N) is 1. The van der Waals surface area contributed by atoms with Gasteiger partial charge in [-0.1, -0.05) is 219 Å². The summed E-state index contributed by atoms with van der Waals surface area (Å²) in [7, 11) is 4.44. The summed E-state index contributed by atoms with van der Waals surface area (Å²) in [6.07, 6.45) is 46.7. The first-order valence-corrected chi connectivity index (χ1v) is 21.6. The summed E-state index contributed by atoms with van der Waals surface area (Å²) in [5.74, 6) is 0.365. The van der Waals surface area contributed by atoms with Gasteiger partial charge in [-0.2, -0.15) is 0 Å². The third-order valence-electron chi connectivity index (χ3n) is 10.8. The molecule has 2 N–H and O–H groups in total. The van der Waals surface area contributed by atoms with E-state index in [1.54, 1.807) is 0 Å². The summed E-state index contributed by atoms with van der Waals surface area (Å²) in [6.45, 7) is 6.59. The highest BCUT2D eigenvalue weighted by Gasteiger charge is 2.27. The highest BCUT2D eigenvalue weighted by molar-refractivity contribution is 4.70. The summed E-state index contributed by atoms with van der Waals surface area (Å²) in [4.78, 5) is 0. The van der Waals surface area contributed by atoms with E-state index < -0.39 is 0 Å². The molecule has 0 rings (SSSR count). The molecule has 0 bridgehead atoms. The smallest absolute Gasteiger partial charge is 0.102 e. The van der Waals surface area contributed by atoms with Gasteiger partial charge in [0, 0.05) is 5.92 Å².